The van der Waals surface area contributed by atoms with Crippen LogP contribution in [0.2, 0.25) is 0 Å². The predicted molar refractivity (Wildman–Crippen MR) is 328 cm³/mol. The summed E-state index contributed by atoms with van der Waals surface area (Å²) in [7, 11) is 11.5. The number of allylic oxidation sites excluding steroid dienone is 2. The summed E-state index contributed by atoms with van der Waals surface area (Å²) >= 11 is 0. The summed E-state index contributed by atoms with van der Waals surface area (Å²) < 4.78 is 0. The van der Waals surface area contributed by atoms with E-state index in [1.807, 2.05) is 41.5 Å². The number of aliphatic hydroxyl groups is 1. The van der Waals surface area contributed by atoms with E-state index in [9.17, 15) is 48.3 Å². The smallest absolute Gasteiger partial charge is 0.246 e. The van der Waals surface area contributed by atoms with E-state index in [2.05, 4.69) is 26.6 Å². The number of rotatable bonds is 16. The number of carbonyl (C=O) groups excluding carboxylic acids is 11. The lowest BCUT2D eigenvalue weighted by molar-refractivity contribution is -0.157. The minimum Gasteiger partial charge on any atom is -0.390 e. The first kappa shape index (κ1) is 76.8. The molecule has 1 aliphatic heterocycles. The fourth-order valence-electron chi connectivity index (χ4n) is 10.6. The molecule has 0 bridgehead atoms. The maximum absolute atomic E-state index is 15.1. The molecular weight excluding hydrogens is 1090 g/mol. The summed E-state index contributed by atoms with van der Waals surface area (Å²) in [6, 6.07) is -12.4. The van der Waals surface area contributed by atoms with Gasteiger partial charge in [-0.1, -0.05) is 95.2 Å². The number of amides is 11. The number of hydrogen-bond donors (Lipinski definition) is 6. The first-order chi connectivity index (χ1) is 39.4. The first-order valence-corrected chi connectivity index (χ1v) is 30.4. The lowest BCUT2D eigenvalue weighted by Crippen LogP contribution is -2.63. The Balaban J connectivity index is 4.31. The lowest BCUT2D eigenvalue weighted by Gasteiger charge is -2.41. The van der Waals surface area contributed by atoms with Crippen molar-refractivity contribution < 1.29 is 57.8 Å². The van der Waals surface area contributed by atoms with Crippen LogP contribution in [-0.2, 0) is 52.7 Å². The van der Waals surface area contributed by atoms with Gasteiger partial charge in [0.25, 0.3) is 0 Å². The molecular formula is C61H110N12O12. The van der Waals surface area contributed by atoms with E-state index in [-0.39, 0.29) is 56.4 Å². The summed E-state index contributed by atoms with van der Waals surface area (Å²) in [6.07, 6.45) is 2.95. The lowest BCUT2D eigenvalue weighted by atomic mass is 9.91. The molecule has 6 N–H and O–H groups in total. The summed E-state index contributed by atoms with van der Waals surface area (Å²) in [5.41, 5.74) is 0. The Morgan fingerprint density at radius 1 is 0.518 bits per heavy atom. The molecule has 486 valence electrons. The molecule has 0 saturated carbocycles. The van der Waals surface area contributed by atoms with Gasteiger partial charge < -0.3 is 66.0 Å². The molecule has 24 nitrogen and oxygen atoms in total. The third-order valence-electron chi connectivity index (χ3n) is 16.0. The van der Waals surface area contributed by atoms with Crippen LogP contribution >= 0.6 is 0 Å². The molecule has 0 aromatic carbocycles. The zero-order valence-electron chi connectivity index (χ0n) is 55.7. The third-order valence-corrected chi connectivity index (χ3v) is 16.0. The van der Waals surface area contributed by atoms with Crippen molar-refractivity contribution in [2.24, 2.45) is 35.5 Å². The normalized spacial score (nSPS) is 26.8. The molecule has 1 heterocycles. The number of nitrogens with zero attached hydrogens (tertiary/aromatic N) is 7. The second-order valence-corrected chi connectivity index (χ2v) is 25.4. The fraction of sp³-hybridized carbons (Fsp3) is 0.787. The molecule has 0 aromatic rings. The van der Waals surface area contributed by atoms with Crippen molar-refractivity contribution in [2.45, 2.75) is 209 Å². The van der Waals surface area contributed by atoms with Crippen molar-refractivity contribution in [1.82, 2.24) is 60.9 Å². The molecule has 1 saturated heterocycles. The standard InChI is InChI=1S/C61H110N12O12/c1-24-26-27-39(13)51(75)50-55(79)65-42(25-2)57(81)67(17)33-47(74)68(18)43(28-29-62-16)53(77)66-48(37(9)10)60(84)69(19)44(30-34(3)4)54(78)63-40(14)52(76)64-41(15)56(80)70(20)45(31-35(5)6)58(82)71(21)46(32-36(7)8)59(83)72(22)49(38(11)12)61(85)73(50)23/h24,26,34-46,48-51,62,75H,25,27-33H2,1-23H3,(H,63,78)(H,64,76)(H,65,79)(H,66,77)/b26-24+/t39-,40+,41-,42+,43+,44+,45+,46+,48+,49+,50+,51-/m1/s1. The highest BCUT2D eigenvalue weighted by Gasteiger charge is 2.45. The maximum atomic E-state index is 15.1. The van der Waals surface area contributed by atoms with E-state index >= 15 is 9.59 Å². The van der Waals surface area contributed by atoms with Crippen molar-refractivity contribution in [3.8, 4) is 0 Å². The Morgan fingerprint density at radius 3 is 1.45 bits per heavy atom. The molecule has 1 rings (SSSR count). The van der Waals surface area contributed by atoms with Crippen LogP contribution in [0.4, 0.5) is 0 Å². The van der Waals surface area contributed by atoms with Crippen LogP contribution in [0.25, 0.3) is 0 Å². The maximum Gasteiger partial charge on any atom is 0.246 e. The van der Waals surface area contributed by atoms with Gasteiger partial charge in [-0.3, -0.25) is 52.7 Å². The number of nitrogens with one attached hydrogen (secondary N) is 5. The number of likely N-dealkylation sites (N-methyl/N-ethyl adjacent to an activating group) is 7. The van der Waals surface area contributed by atoms with Gasteiger partial charge in [0.15, 0.2) is 0 Å². The highest BCUT2D eigenvalue weighted by Crippen LogP contribution is 2.25. The molecule has 0 aromatic heterocycles. The van der Waals surface area contributed by atoms with Crippen molar-refractivity contribution in [3.05, 3.63) is 12.2 Å². The molecule has 1 aliphatic rings. The Labute approximate surface area is 508 Å². The molecule has 11 amide bonds. The van der Waals surface area contributed by atoms with Gasteiger partial charge in [-0.2, -0.15) is 0 Å². The van der Waals surface area contributed by atoms with Gasteiger partial charge in [-0.25, -0.2) is 0 Å². The summed E-state index contributed by atoms with van der Waals surface area (Å²) in [6.45, 7) is 25.8. The minimum absolute atomic E-state index is 0.0177. The highest BCUT2D eigenvalue weighted by atomic mass is 16.3. The quantitative estimate of drug-likeness (QED) is 0.121. The Morgan fingerprint density at radius 2 is 0.976 bits per heavy atom. The molecule has 0 radical (unpaired) electrons. The average molecular weight is 1200 g/mol. The number of aliphatic hydroxyl groups excluding tert-OH is 1. The van der Waals surface area contributed by atoms with Crippen LogP contribution in [0.5, 0.6) is 0 Å². The average Bonchev–Trinajstić information content (AvgIpc) is 3.47. The largest absolute Gasteiger partial charge is 0.390 e. The van der Waals surface area contributed by atoms with Crippen molar-refractivity contribution >= 4 is 65.0 Å². The molecule has 1 fully saturated rings. The van der Waals surface area contributed by atoms with Crippen molar-refractivity contribution in [2.75, 3.05) is 69.5 Å². The van der Waals surface area contributed by atoms with E-state index in [0.717, 1.165) is 9.80 Å². The molecule has 0 aliphatic carbocycles. The minimum atomic E-state index is -1.61. The molecule has 12 atom stereocenters. The van der Waals surface area contributed by atoms with Gasteiger partial charge in [0.1, 0.15) is 60.4 Å². The van der Waals surface area contributed by atoms with Gasteiger partial charge >= 0.3 is 0 Å². The highest BCUT2D eigenvalue weighted by molar-refractivity contribution is 5.99. The van der Waals surface area contributed by atoms with Gasteiger partial charge in [0, 0.05) is 49.3 Å². The van der Waals surface area contributed by atoms with E-state index in [0.29, 0.717) is 6.42 Å². The van der Waals surface area contributed by atoms with Gasteiger partial charge in [0.2, 0.25) is 65.0 Å². The van der Waals surface area contributed by atoms with Gasteiger partial charge in [-0.05, 0) is 108 Å². The van der Waals surface area contributed by atoms with Crippen LogP contribution in [0.15, 0.2) is 12.2 Å². The van der Waals surface area contributed by atoms with E-state index in [4.69, 9.17) is 0 Å². The van der Waals surface area contributed by atoms with Crippen LogP contribution in [0, 0.1) is 35.5 Å². The van der Waals surface area contributed by atoms with Gasteiger partial charge in [-0.15, -0.1) is 0 Å². The molecule has 24 heteroatoms. The topological polar surface area (TPSA) is 291 Å². The van der Waals surface area contributed by atoms with Crippen molar-refractivity contribution in [3.63, 3.8) is 0 Å². The van der Waals surface area contributed by atoms with Crippen LogP contribution in [-0.4, -0.2) is 240 Å². The third kappa shape index (κ3) is 21.6. The Kier molecular flexibility index (Phi) is 32.1. The number of carbonyl (C=O) groups is 11. The zero-order chi connectivity index (χ0) is 65.8. The van der Waals surface area contributed by atoms with Crippen LogP contribution in [0.3, 0.4) is 0 Å². The summed E-state index contributed by atoms with van der Waals surface area (Å²) in [5, 5.41) is 26.0. The zero-order valence-corrected chi connectivity index (χ0v) is 55.7. The van der Waals surface area contributed by atoms with E-state index < -0.39 is 156 Å². The Bertz CT molecular complexity index is 2310. The molecule has 85 heavy (non-hydrogen) atoms. The van der Waals surface area contributed by atoms with Gasteiger partial charge in [0.05, 0.1) is 12.6 Å². The molecule has 0 unspecified atom stereocenters. The SMILES string of the molecule is C/C=C/C[C@@H](C)[C@@H](O)[C@H]1C(=O)N[C@@H](CC)C(=O)N(C)CC(=O)N(C)[C@@H](CCNC)C(=O)N[C@@H](C(C)C)C(=O)N(C)[C@@H](CC(C)C)C(=O)N[C@@H](C)C(=O)N[C@H](C)C(=O)N(C)[C@@H](CC(C)C)C(=O)N(C)[C@@H](CC(C)C)C(=O)N(C)[C@@H](C(C)C)C(=O)N1C. The second-order valence-electron chi connectivity index (χ2n) is 25.4. The van der Waals surface area contributed by atoms with Crippen molar-refractivity contribution in [1.29, 1.82) is 0 Å². The van der Waals surface area contributed by atoms with Crippen LogP contribution < -0.4 is 26.6 Å². The molecule has 0 spiro atoms. The Hall–Kier alpha value is -6.17. The fourth-order valence-corrected chi connectivity index (χ4v) is 10.6. The number of hydrogen-bond acceptors (Lipinski definition) is 13. The summed E-state index contributed by atoms with van der Waals surface area (Å²) in [5.74, 6) is -9.68. The predicted octanol–water partition coefficient (Wildman–Crippen LogP) is 1.83. The van der Waals surface area contributed by atoms with Crippen LogP contribution in [0.1, 0.15) is 142 Å². The first-order valence-electron chi connectivity index (χ1n) is 30.4. The van der Waals surface area contributed by atoms with E-state index in [1.54, 1.807) is 67.7 Å². The summed E-state index contributed by atoms with van der Waals surface area (Å²) in [4.78, 5) is 168. The monoisotopic (exact) mass is 1200 g/mol. The second kappa shape index (κ2) is 35.5. The van der Waals surface area contributed by atoms with E-state index in [1.165, 1.54) is 87.7 Å².